The molecule has 0 aliphatic carbocycles. The van der Waals surface area contributed by atoms with E-state index in [2.05, 4.69) is 26.1 Å². The van der Waals surface area contributed by atoms with Crippen LogP contribution in [0.2, 0.25) is 0 Å². The third-order valence-electron chi connectivity index (χ3n) is 3.67. The second-order valence-corrected chi connectivity index (χ2v) is 5.69. The third kappa shape index (κ3) is 3.28. The Balaban J connectivity index is 2.22. The fraction of sp³-hybridized carbons (Fsp3) is 0.562. The number of benzene rings is 1. The van der Waals surface area contributed by atoms with Crippen LogP contribution in [-0.2, 0) is 0 Å². The fourth-order valence-corrected chi connectivity index (χ4v) is 2.66. The van der Waals surface area contributed by atoms with E-state index in [1.165, 1.54) is 6.42 Å². The van der Waals surface area contributed by atoms with Crippen molar-refractivity contribution in [1.82, 2.24) is 4.90 Å². The van der Waals surface area contributed by atoms with E-state index in [0.717, 1.165) is 30.6 Å². The van der Waals surface area contributed by atoms with Crippen LogP contribution in [0.1, 0.15) is 50.4 Å². The second kappa shape index (κ2) is 6.09. The summed E-state index contributed by atoms with van der Waals surface area (Å²) in [6, 6.07) is 8.51. The van der Waals surface area contributed by atoms with Gasteiger partial charge in [0.05, 0.1) is 5.56 Å². The lowest BCUT2D eigenvalue weighted by molar-refractivity contribution is 0.0636. The summed E-state index contributed by atoms with van der Waals surface area (Å²) in [4.78, 5) is 14.7. The van der Waals surface area contributed by atoms with Gasteiger partial charge in [0, 0.05) is 24.3 Å². The number of carbonyl (C=O) groups is 1. The molecule has 0 spiro atoms. The monoisotopic (exact) mass is 260 g/mol. The van der Waals surface area contributed by atoms with Gasteiger partial charge in [-0.2, -0.15) is 0 Å². The van der Waals surface area contributed by atoms with Crippen LogP contribution in [0.25, 0.3) is 0 Å². The van der Waals surface area contributed by atoms with Crippen LogP contribution in [0.15, 0.2) is 24.3 Å². The van der Waals surface area contributed by atoms with Gasteiger partial charge in [0.2, 0.25) is 0 Å². The zero-order valence-corrected chi connectivity index (χ0v) is 12.1. The number of para-hydroxylation sites is 1. The van der Waals surface area contributed by atoms with Crippen molar-refractivity contribution in [2.45, 2.75) is 52.1 Å². The Labute approximate surface area is 116 Å². The summed E-state index contributed by atoms with van der Waals surface area (Å²) in [6.45, 7) is 7.21. The first-order chi connectivity index (χ1) is 9.09. The van der Waals surface area contributed by atoms with Crippen LogP contribution in [0.3, 0.4) is 0 Å². The van der Waals surface area contributed by atoms with E-state index in [1.54, 1.807) is 0 Å². The topological polar surface area (TPSA) is 32.3 Å². The Bertz CT molecular complexity index is 442. The Kier molecular flexibility index (Phi) is 4.46. The molecule has 1 N–H and O–H groups in total. The van der Waals surface area contributed by atoms with Crippen molar-refractivity contribution in [2.24, 2.45) is 0 Å². The lowest BCUT2D eigenvalue weighted by Crippen LogP contribution is -2.42. The number of likely N-dealkylation sites (tertiary alicyclic amines) is 1. The minimum atomic E-state index is 0.163. The molecule has 1 heterocycles. The van der Waals surface area contributed by atoms with Crippen LogP contribution in [0.5, 0.6) is 0 Å². The molecule has 0 saturated carbocycles. The van der Waals surface area contributed by atoms with E-state index >= 15 is 0 Å². The molecule has 3 heteroatoms. The second-order valence-electron chi connectivity index (χ2n) is 5.69. The molecule has 0 bridgehead atoms. The highest BCUT2D eigenvalue weighted by Crippen LogP contribution is 2.23. The van der Waals surface area contributed by atoms with Gasteiger partial charge in [-0.1, -0.05) is 12.1 Å². The zero-order chi connectivity index (χ0) is 13.8. The minimum Gasteiger partial charge on any atom is -0.382 e. The van der Waals surface area contributed by atoms with Gasteiger partial charge in [0.25, 0.3) is 5.91 Å². The molecule has 1 fully saturated rings. The van der Waals surface area contributed by atoms with E-state index in [-0.39, 0.29) is 5.91 Å². The molecule has 0 radical (unpaired) electrons. The van der Waals surface area contributed by atoms with Crippen LogP contribution >= 0.6 is 0 Å². The standard InChI is InChI=1S/C16H24N2O/c1-12(2)17-15-10-5-4-9-14(15)16(19)18-11-7-6-8-13(18)3/h4-5,9-10,12-13,17H,6-8,11H2,1-3H3. The first-order valence-electron chi connectivity index (χ1n) is 7.26. The smallest absolute Gasteiger partial charge is 0.256 e. The van der Waals surface area contributed by atoms with E-state index in [4.69, 9.17) is 0 Å². The van der Waals surface area contributed by atoms with Crippen LogP contribution in [0.4, 0.5) is 5.69 Å². The summed E-state index contributed by atoms with van der Waals surface area (Å²) in [5, 5.41) is 3.36. The lowest BCUT2D eigenvalue weighted by atomic mass is 10.0. The summed E-state index contributed by atoms with van der Waals surface area (Å²) in [5.41, 5.74) is 1.74. The predicted octanol–water partition coefficient (Wildman–Crippen LogP) is 3.52. The van der Waals surface area contributed by atoms with E-state index in [9.17, 15) is 4.79 Å². The molecule has 1 amide bonds. The van der Waals surface area contributed by atoms with Crippen molar-refractivity contribution < 1.29 is 4.79 Å². The number of nitrogens with zero attached hydrogens (tertiary/aromatic N) is 1. The number of anilines is 1. The van der Waals surface area contributed by atoms with E-state index in [0.29, 0.717) is 12.1 Å². The molecular weight excluding hydrogens is 236 g/mol. The average molecular weight is 260 g/mol. The molecule has 1 aromatic rings. The first kappa shape index (κ1) is 13.9. The number of nitrogens with one attached hydrogen (secondary N) is 1. The summed E-state index contributed by atoms with van der Waals surface area (Å²) in [5.74, 6) is 0.163. The van der Waals surface area contributed by atoms with Gasteiger partial charge < -0.3 is 10.2 Å². The molecule has 1 atom stereocenters. The highest BCUT2D eigenvalue weighted by atomic mass is 16.2. The quantitative estimate of drug-likeness (QED) is 0.901. The highest BCUT2D eigenvalue weighted by molar-refractivity contribution is 5.99. The van der Waals surface area contributed by atoms with Gasteiger partial charge in [0.15, 0.2) is 0 Å². The van der Waals surface area contributed by atoms with Gasteiger partial charge in [-0.05, 0) is 52.2 Å². The maximum atomic E-state index is 12.7. The molecule has 2 rings (SSSR count). The molecular formula is C16H24N2O. The Morgan fingerprint density at radius 3 is 2.74 bits per heavy atom. The van der Waals surface area contributed by atoms with Crippen molar-refractivity contribution in [3.63, 3.8) is 0 Å². The van der Waals surface area contributed by atoms with Gasteiger partial charge >= 0.3 is 0 Å². The largest absolute Gasteiger partial charge is 0.382 e. The SMILES string of the molecule is CC(C)Nc1ccccc1C(=O)N1CCCCC1C. The highest BCUT2D eigenvalue weighted by Gasteiger charge is 2.25. The summed E-state index contributed by atoms with van der Waals surface area (Å²) < 4.78 is 0. The van der Waals surface area contributed by atoms with Gasteiger partial charge in [-0.15, -0.1) is 0 Å². The number of piperidine rings is 1. The van der Waals surface area contributed by atoms with Crippen LogP contribution < -0.4 is 5.32 Å². The molecule has 1 saturated heterocycles. The lowest BCUT2D eigenvalue weighted by Gasteiger charge is -2.34. The van der Waals surface area contributed by atoms with Crippen molar-refractivity contribution in [2.75, 3.05) is 11.9 Å². The van der Waals surface area contributed by atoms with Crippen molar-refractivity contribution >= 4 is 11.6 Å². The van der Waals surface area contributed by atoms with Crippen molar-refractivity contribution in [3.8, 4) is 0 Å². The predicted molar refractivity (Wildman–Crippen MR) is 79.6 cm³/mol. The van der Waals surface area contributed by atoms with Gasteiger partial charge in [0.1, 0.15) is 0 Å². The summed E-state index contributed by atoms with van der Waals surface area (Å²) >= 11 is 0. The summed E-state index contributed by atoms with van der Waals surface area (Å²) in [7, 11) is 0. The molecule has 1 unspecified atom stereocenters. The van der Waals surface area contributed by atoms with Gasteiger partial charge in [-0.25, -0.2) is 0 Å². The minimum absolute atomic E-state index is 0.163. The number of carbonyl (C=O) groups excluding carboxylic acids is 1. The first-order valence-corrected chi connectivity index (χ1v) is 7.26. The Morgan fingerprint density at radius 2 is 2.05 bits per heavy atom. The zero-order valence-electron chi connectivity index (χ0n) is 12.1. The normalized spacial score (nSPS) is 19.6. The van der Waals surface area contributed by atoms with Gasteiger partial charge in [-0.3, -0.25) is 4.79 Å². The third-order valence-corrected chi connectivity index (χ3v) is 3.67. The molecule has 3 nitrogen and oxygen atoms in total. The molecule has 19 heavy (non-hydrogen) atoms. The van der Waals surface area contributed by atoms with E-state index in [1.807, 2.05) is 29.2 Å². The van der Waals surface area contributed by atoms with Crippen LogP contribution in [0, 0.1) is 0 Å². The average Bonchev–Trinajstić information content (AvgIpc) is 2.38. The molecule has 0 aromatic heterocycles. The number of hydrogen-bond donors (Lipinski definition) is 1. The van der Waals surface area contributed by atoms with Crippen molar-refractivity contribution in [1.29, 1.82) is 0 Å². The summed E-state index contributed by atoms with van der Waals surface area (Å²) in [6.07, 6.45) is 3.47. The Hall–Kier alpha value is -1.51. The van der Waals surface area contributed by atoms with E-state index < -0.39 is 0 Å². The van der Waals surface area contributed by atoms with Crippen molar-refractivity contribution in [3.05, 3.63) is 29.8 Å². The fourth-order valence-electron chi connectivity index (χ4n) is 2.66. The number of hydrogen-bond acceptors (Lipinski definition) is 2. The number of rotatable bonds is 3. The molecule has 1 aliphatic heterocycles. The molecule has 1 aliphatic rings. The Morgan fingerprint density at radius 1 is 1.32 bits per heavy atom. The number of amides is 1. The molecule has 104 valence electrons. The maximum absolute atomic E-state index is 12.7. The maximum Gasteiger partial charge on any atom is 0.256 e. The van der Waals surface area contributed by atoms with Crippen LogP contribution in [-0.4, -0.2) is 29.4 Å². The molecule has 1 aromatic carbocycles.